The van der Waals surface area contributed by atoms with Gasteiger partial charge in [0, 0.05) is 18.5 Å². The molecule has 3 nitrogen and oxygen atoms in total. The second-order valence-electron chi connectivity index (χ2n) is 3.62. The van der Waals surface area contributed by atoms with Gasteiger partial charge in [-0.2, -0.15) is 5.10 Å². The van der Waals surface area contributed by atoms with Crippen molar-refractivity contribution in [3.05, 3.63) is 17.5 Å². The smallest absolute Gasteiger partial charge is 0.133 e. The Morgan fingerprint density at radius 2 is 2.00 bits per heavy atom. The van der Waals surface area contributed by atoms with Crippen LogP contribution in [0, 0.1) is 0 Å². The van der Waals surface area contributed by atoms with Gasteiger partial charge in [0.2, 0.25) is 0 Å². The van der Waals surface area contributed by atoms with Gasteiger partial charge in [-0.1, -0.05) is 0 Å². The number of H-pyrrole nitrogens is 1. The third-order valence-corrected chi connectivity index (χ3v) is 2.61. The molecule has 0 atom stereocenters. The number of nitrogens with zero attached hydrogens (tertiary/aromatic N) is 1. The molecule has 1 aromatic heterocycles. The number of nitrogens with one attached hydrogen (secondary N) is 1. The predicted octanol–water partition coefficient (Wildman–Crippen LogP) is 1.64. The Morgan fingerprint density at radius 1 is 1.15 bits per heavy atom. The molecular formula is C10H14N2O. The van der Waals surface area contributed by atoms with Crippen molar-refractivity contribution in [1.82, 2.24) is 10.2 Å². The van der Waals surface area contributed by atoms with E-state index in [1.807, 2.05) is 6.20 Å². The number of rotatable bonds is 0. The summed E-state index contributed by atoms with van der Waals surface area (Å²) in [5, 5.41) is 6.98. The van der Waals surface area contributed by atoms with Crippen molar-refractivity contribution < 1.29 is 4.79 Å². The van der Waals surface area contributed by atoms with Gasteiger partial charge in [-0.05, 0) is 31.2 Å². The van der Waals surface area contributed by atoms with Gasteiger partial charge in [0.15, 0.2) is 0 Å². The van der Waals surface area contributed by atoms with E-state index < -0.39 is 0 Å². The van der Waals surface area contributed by atoms with E-state index in [2.05, 4.69) is 10.2 Å². The summed E-state index contributed by atoms with van der Waals surface area (Å²) in [6, 6.07) is 0. The van der Waals surface area contributed by atoms with E-state index in [9.17, 15) is 4.79 Å². The number of fused-ring (bicyclic) bond motifs is 1. The number of ketones is 1. The summed E-state index contributed by atoms with van der Waals surface area (Å²) in [7, 11) is 0. The molecule has 3 heteroatoms. The summed E-state index contributed by atoms with van der Waals surface area (Å²) in [6.45, 7) is 0. The fourth-order valence-electron chi connectivity index (χ4n) is 1.80. The molecule has 2 rings (SSSR count). The number of aryl methyl sites for hydroxylation is 2. The minimum Gasteiger partial charge on any atom is -0.300 e. The predicted molar refractivity (Wildman–Crippen MR) is 49.5 cm³/mol. The van der Waals surface area contributed by atoms with E-state index in [1.165, 1.54) is 5.56 Å². The van der Waals surface area contributed by atoms with Gasteiger partial charge < -0.3 is 0 Å². The Hall–Kier alpha value is -1.12. The van der Waals surface area contributed by atoms with Gasteiger partial charge in [-0.15, -0.1) is 0 Å². The number of hydrogen-bond donors (Lipinski definition) is 1. The Balaban J connectivity index is 2.14. The van der Waals surface area contributed by atoms with E-state index >= 15 is 0 Å². The van der Waals surface area contributed by atoms with Gasteiger partial charge in [-0.3, -0.25) is 9.89 Å². The highest BCUT2D eigenvalue weighted by molar-refractivity contribution is 5.78. The third-order valence-electron chi connectivity index (χ3n) is 2.61. The fourth-order valence-corrected chi connectivity index (χ4v) is 1.80. The molecule has 70 valence electrons. The van der Waals surface area contributed by atoms with Crippen molar-refractivity contribution in [2.75, 3.05) is 0 Å². The topological polar surface area (TPSA) is 45.8 Å². The first-order chi connectivity index (χ1) is 6.36. The van der Waals surface area contributed by atoms with E-state index in [-0.39, 0.29) is 0 Å². The minimum atomic E-state index is 0.391. The fraction of sp³-hybridized carbons (Fsp3) is 0.600. The Labute approximate surface area is 77.5 Å². The van der Waals surface area contributed by atoms with Gasteiger partial charge in [0.05, 0.1) is 6.20 Å². The second kappa shape index (κ2) is 3.73. The van der Waals surface area contributed by atoms with Crippen LogP contribution in [-0.2, 0) is 17.6 Å². The Bertz CT molecular complexity index is 304. The van der Waals surface area contributed by atoms with Crippen molar-refractivity contribution in [3.8, 4) is 0 Å². The van der Waals surface area contributed by atoms with Crippen molar-refractivity contribution in [1.29, 1.82) is 0 Å². The van der Waals surface area contributed by atoms with E-state index in [4.69, 9.17) is 0 Å². The molecule has 1 heterocycles. The van der Waals surface area contributed by atoms with Crippen LogP contribution in [-0.4, -0.2) is 16.0 Å². The summed E-state index contributed by atoms with van der Waals surface area (Å²) in [5.41, 5.74) is 2.46. The summed E-state index contributed by atoms with van der Waals surface area (Å²) in [5.74, 6) is 0.391. The minimum absolute atomic E-state index is 0.391. The number of hydrogen-bond acceptors (Lipinski definition) is 2. The molecule has 1 aromatic rings. The van der Waals surface area contributed by atoms with Crippen molar-refractivity contribution in [2.45, 2.75) is 38.5 Å². The average Bonchev–Trinajstić information content (AvgIpc) is 2.56. The molecule has 0 aliphatic heterocycles. The maximum atomic E-state index is 11.3. The van der Waals surface area contributed by atoms with Gasteiger partial charge in [0.25, 0.3) is 0 Å². The van der Waals surface area contributed by atoms with Crippen LogP contribution >= 0.6 is 0 Å². The SMILES string of the molecule is O=C1CCCCc2cn[nH]c2CC1. The molecule has 0 bridgehead atoms. The van der Waals surface area contributed by atoms with Crippen molar-refractivity contribution >= 4 is 5.78 Å². The molecule has 0 radical (unpaired) electrons. The molecule has 0 aromatic carbocycles. The van der Waals surface area contributed by atoms with Crippen LogP contribution in [0.15, 0.2) is 6.20 Å². The van der Waals surface area contributed by atoms with Gasteiger partial charge >= 0.3 is 0 Å². The van der Waals surface area contributed by atoms with Crippen LogP contribution in [0.2, 0.25) is 0 Å². The highest BCUT2D eigenvalue weighted by atomic mass is 16.1. The number of aromatic nitrogens is 2. The lowest BCUT2D eigenvalue weighted by molar-refractivity contribution is -0.119. The Kier molecular flexibility index (Phi) is 2.43. The summed E-state index contributed by atoms with van der Waals surface area (Å²) in [6.07, 6.45) is 7.38. The first-order valence-corrected chi connectivity index (χ1v) is 4.89. The molecule has 0 unspecified atom stereocenters. The maximum absolute atomic E-state index is 11.3. The van der Waals surface area contributed by atoms with E-state index in [1.54, 1.807) is 0 Å². The average molecular weight is 178 g/mol. The molecule has 1 N–H and O–H groups in total. The number of carbonyl (C=O) groups excluding carboxylic acids is 1. The molecule has 1 aliphatic rings. The number of Topliss-reactive ketones (excluding diaryl/α,β-unsaturated/α-hetero) is 1. The highest BCUT2D eigenvalue weighted by Gasteiger charge is 2.11. The molecule has 0 saturated heterocycles. The van der Waals surface area contributed by atoms with Crippen molar-refractivity contribution in [2.24, 2.45) is 0 Å². The summed E-state index contributed by atoms with van der Waals surface area (Å²) < 4.78 is 0. The van der Waals surface area contributed by atoms with E-state index in [0.29, 0.717) is 12.2 Å². The lowest BCUT2D eigenvalue weighted by Crippen LogP contribution is -1.99. The zero-order chi connectivity index (χ0) is 9.10. The van der Waals surface area contributed by atoms with Crippen LogP contribution in [0.1, 0.15) is 36.9 Å². The zero-order valence-corrected chi connectivity index (χ0v) is 7.68. The lowest BCUT2D eigenvalue weighted by atomic mass is 10.1. The van der Waals surface area contributed by atoms with Crippen molar-refractivity contribution in [3.63, 3.8) is 0 Å². The first-order valence-electron chi connectivity index (χ1n) is 4.89. The number of carbonyl (C=O) groups is 1. The normalized spacial score (nSPS) is 18.6. The van der Waals surface area contributed by atoms with Gasteiger partial charge in [-0.25, -0.2) is 0 Å². The molecule has 13 heavy (non-hydrogen) atoms. The maximum Gasteiger partial charge on any atom is 0.133 e. The summed E-state index contributed by atoms with van der Waals surface area (Å²) in [4.78, 5) is 11.3. The Morgan fingerprint density at radius 3 is 2.92 bits per heavy atom. The summed E-state index contributed by atoms with van der Waals surface area (Å²) >= 11 is 0. The lowest BCUT2D eigenvalue weighted by Gasteiger charge is -1.97. The molecule has 0 fully saturated rings. The third kappa shape index (κ3) is 1.97. The molecule has 0 amide bonds. The standard InChI is InChI=1S/C10H14N2O/c13-9-4-2-1-3-8-7-11-12-10(8)6-5-9/h7H,1-6H2,(H,11,12). The highest BCUT2D eigenvalue weighted by Crippen LogP contribution is 2.15. The molecule has 0 saturated carbocycles. The largest absolute Gasteiger partial charge is 0.300 e. The number of aromatic amines is 1. The second-order valence-corrected chi connectivity index (χ2v) is 3.62. The van der Waals surface area contributed by atoms with E-state index in [0.717, 1.165) is 37.8 Å². The zero-order valence-electron chi connectivity index (χ0n) is 7.68. The van der Waals surface area contributed by atoms with Crippen LogP contribution in [0.5, 0.6) is 0 Å². The van der Waals surface area contributed by atoms with Crippen LogP contribution < -0.4 is 0 Å². The quantitative estimate of drug-likeness (QED) is 0.656. The van der Waals surface area contributed by atoms with Crippen LogP contribution in [0.3, 0.4) is 0 Å². The molecule has 0 spiro atoms. The van der Waals surface area contributed by atoms with Crippen LogP contribution in [0.25, 0.3) is 0 Å². The molecular weight excluding hydrogens is 164 g/mol. The molecule has 1 aliphatic carbocycles. The van der Waals surface area contributed by atoms with Crippen LogP contribution in [0.4, 0.5) is 0 Å². The monoisotopic (exact) mass is 178 g/mol. The first kappa shape index (κ1) is 8.48. The van der Waals surface area contributed by atoms with Gasteiger partial charge in [0.1, 0.15) is 5.78 Å².